The predicted molar refractivity (Wildman–Crippen MR) is 114 cm³/mol. The van der Waals surface area contributed by atoms with E-state index in [0.717, 1.165) is 23.1 Å². The summed E-state index contributed by atoms with van der Waals surface area (Å²) in [6.07, 6.45) is 1.95. The third-order valence-corrected chi connectivity index (χ3v) is 5.49. The molecule has 0 aliphatic rings. The van der Waals surface area contributed by atoms with Crippen LogP contribution in [-0.2, 0) is 22.4 Å². The number of carbonyl (C=O) groups excluding carboxylic acids is 2. The number of aryl methyl sites for hydroxylation is 2. The Morgan fingerprint density at radius 2 is 1.71 bits per heavy atom. The van der Waals surface area contributed by atoms with Crippen molar-refractivity contribution in [3.8, 4) is 11.1 Å². The van der Waals surface area contributed by atoms with Crippen molar-refractivity contribution in [3.05, 3.63) is 76.7 Å². The molecule has 0 aliphatic heterocycles. The molecule has 1 heterocycles. The van der Waals surface area contributed by atoms with Crippen LogP contribution in [0.15, 0.2) is 60.0 Å². The van der Waals surface area contributed by atoms with Gasteiger partial charge in [-0.2, -0.15) is 0 Å². The summed E-state index contributed by atoms with van der Waals surface area (Å²) in [5, 5.41) is 5.30. The molecule has 4 nitrogen and oxygen atoms in total. The lowest BCUT2D eigenvalue weighted by Gasteiger charge is -2.08. The molecule has 1 N–H and O–H groups in total. The fraction of sp³-hybridized carbons (Fsp3) is 0.217. The second-order valence-corrected chi connectivity index (χ2v) is 7.31. The Balaban J connectivity index is 1.79. The number of thiophene rings is 1. The van der Waals surface area contributed by atoms with E-state index >= 15 is 0 Å². The van der Waals surface area contributed by atoms with E-state index in [1.165, 1.54) is 24.0 Å². The van der Waals surface area contributed by atoms with E-state index < -0.39 is 5.97 Å². The fourth-order valence-electron chi connectivity index (χ4n) is 2.98. The van der Waals surface area contributed by atoms with Gasteiger partial charge in [0.05, 0.1) is 7.11 Å². The molecule has 1 amide bonds. The summed E-state index contributed by atoms with van der Waals surface area (Å²) >= 11 is 1.34. The zero-order valence-corrected chi connectivity index (χ0v) is 16.8. The molecule has 144 valence electrons. The minimum Gasteiger partial charge on any atom is -0.465 e. The minimum absolute atomic E-state index is 0.122. The molecule has 1 aromatic heterocycles. The molecule has 0 saturated heterocycles. The first kappa shape index (κ1) is 19.8. The Bertz CT molecular complexity index is 946. The highest BCUT2D eigenvalue weighted by Gasteiger charge is 2.22. The zero-order chi connectivity index (χ0) is 19.9. The van der Waals surface area contributed by atoms with Crippen molar-refractivity contribution in [2.24, 2.45) is 0 Å². The van der Waals surface area contributed by atoms with Crippen LogP contribution in [0.3, 0.4) is 0 Å². The van der Waals surface area contributed by atoms with Crippen LogP contribution in [0, 0.1) is 0 Å². The average molecular weight is 394 g/mol. The topological polar surface area (TPSA) is 55.4 Å². The monoisotopic (exact) mass is 393 g/mol. The van der Waals surface area contributed by atoms with E-state index in [9.17, 15) is 9.59 Å². The van der Waals surface area contributed by atoms with Crippen LogP contribution < -0.4 is 5.32 Å². The van der Waals surface area contributed by atoms with E-state index in [1.54, 1.807) is 0 Å². The van der Waals surface area contributed by atoms with Crippen molar-refractivity contribution in [1.29, 1.82) is 0 Å². The highest BCUT2D eigenvalue weighted by Crippen LogP contribution is 2.36. The van der Waals surface area contributed by atoms with Gasteiger partial charge in [-0.1, -0.05) is 61.5 Å². The van der Waals surface area contributed by atoms with Crippen molar-refractivity contribution < 1.29 is 14.3 Å². The number of ether oxygens (including phenoxy) is 1. The third kappa shape index (κ3) is 4.67. The van der Waals surface area contributed by atoms with Gasteiger partial charge in [0.2, 0.25) is 5.91 Å². The molecule has 0 spiro atoms. The molecule has 2 aromatic carbocycles. The van der Waals surface area contributed by atoms with Crippen molar-refractivity contribution in [2.75, 3.05) is 12.4 Å². The van der Waals surface area contributed by atoms with Gasteiger partial charge in [0, 0.05) is 17.4 Å². The number of hydrogen-bond acceptors (Lipinski definition) is 4. The summed E-state index contributed by atoms with van der Waals surface area (Å²) in [4.78, 5) is 24.8. The molecule has 0 atom stereocenters. The molecule has 0 radical (unpaired) electrons. The van der Waals surface area contributed by atoms with Gasteiger partial charge in [-0.3, -0.25) is 4.79 Å². The largest absolute Gasteiger partial charge is 0.465 e. The Labute approximate surface area is 169 Å². The third-order valence-electron chi connectivity index (χ3n) is 4.59. The minimum atomic E-state index is -0.450. The standard InChI is InChI=1S/C23H23NO3S/c1-3-16-9-12-18(13-10-16)19-15-28-22(21(19)23(26)27-2)24-20(25)14-11-17-7-5-4-6-8-17/h4-10,12-13,15H,3,11,14H2,1-2H3,(H,24,25). The lowest BCUT2D eigenvalue weighted by atomic mass is 10.0. The zero-order valence-electron chi connectivity index (χ0n) is 16.0. The van der Waals surface area contributed by atoms with Crippen molar-refractivity contribution in [3.63, 3.8) is 0 Å². The summed E-state index contributed by atoms with van der Waals surface area (Å²) < 4.78 is 4.97. The van der Waals surface area contributed by atoms with Crippen molar-refractivity contribution in [1.82, 2.24) is 0 Å². The van der Waals surface area contributed by atoms with Crippen LogP contribution in [0.5, 0.6) is 0 Å². The highest BCUT2D eigenvalue weighted by atomic mass is 32.1. The lowest BCUT2D eigenvalue weighted by Crippen LogP contribution is -2.14. The Hall–Kier alpha value is -2.92. The van der Waals surface area contributed by atoms with Gasteiger partial charge in [0.25, 0.3) is 0 Å². The summed E-state index contributed by atoms with van der Waals surface area (Å²) in [7, 11) is 1.35. The molecule has 0 unspecified atom stereocenters. The first-order valence-corrected chi connectivity index (χ1v) is 10.1. The SMILES string of the molecule is CCc1ccc(-c2csc(NC(=O)CCc3ccccc3)c2C(=O)OC)cc1. The maximum Gasteiger partial charge on any atom is 0.341 e. The number of methoxy groups -OCH3 is 1. The summed E-state index contributed by atoms with van der Waals surface area (Å²) in [6, 6.07) is 17.9. The molecular formula is C23H23NO3S. The van der Waals surface area contributed by atoms with Gasteiger partial charge >= 0.3 is 5.97 Å². The van der Waals surface area contributed by atoms with Crippen LogP contribution in [0.25, 0.3) is 11.1 Å². The second kappa shape index (κ2) is 9.33. The van der Waals surface area contributed by atoms with E-state index in [2.05, 4.69) is 12.2 Å². The van der Waals surface area contributed by atoms with Crippen LogP contribution in [0.2, 0.25) is 0 Å². The molecule has 0 aliphatic carbocycles. The van der Waals surface area contributed by atoms with E-state index in [0.29, 0.717) is 23.4 Å². The van der Waals surface area contributed by atoms with E-state index in [-0.39, 0.29) is 5.91 Å². The first-order chi connectivity index (χ1) is 13.6. The van der Waals surface area contributed by atoms with E-state index in [1.807, 2.05) is 60.0 Å². The maximum atomic E-state index is 12.4. The first-order valence-electron chi connectivity index (χ1n) is 9.25. The summed E-state index contributed by atoms with van der Waals surface area (Å²) in [5.74, 6) is -0.571. The normalized spacial score (nSPS) is 10.5. The Morgan fingerprint density at radius 3 is 2.36 bits per heavy atom. The summed E-state index contributed by atoms with van der Waals surface area (Å²) in [6.45, 7) is 2.10. The van der Waals surface area contributed by atoms with Crippen molar-refractivity contribution in [2.45, 2.75) is 26.2 Å². The number of benzene rings is 2. The lowest BCUT2D eigenvalue weighted by molar-refractivity contribution is -0.116. The van der Waals surface area contributed by atoms with Gasteiger partial charge in [-0.05, 0) is 29.5 Å². The van der Waals surface area contributed by atoms with Gasteiger partial charge in [-0.15, -0.1) is 11.3 Å². The Kier molecular flexibility index (Phi) is 6.61. The number of hydrogen-bond donors (Lipinski definition) is 1. The Morgan fingerprint density at radius 1 is 1.00 bits per heavy atom. The van der Waals surface area contributed by atoms with Gasteiger partial charge in [0.1, 0.15) is 10.6 Å². The molecular weight excluding hydrogens is 370 g/mol. The van der Waals surface area contributed by atoms with Gasteiger partial charge < -0.3 is 10.1 Å². The highest BCUT2D eigenvalue weighted by molar-refractivity contribution is 7.15. The molecule has 3 rings (SSSR count). The quantitative estimate of drug-likeness (QED) is 0.552. The average Bonchev–Trinajstić information content (AvgIpc) is 3.16. The van der Waals surface area contributed by atoms with Crippen LogP contribution >= 0.6 is 11.3 Å². The fourth-order valence-corrected chi connectivity index (χ4v) is 3.95. The molecule has 3 aromatic rings. The van der Waals surface area contributed by atoms with E-state index in [4.69, 9.17) is 4.74 Å². The molecule has 0 fully saturated rings. The van der Waals surface area contributed by atoms with Crippen molar-refractivity contribution >= 4 is 28.2 Å². The molecule has 0 saturated carbocycles. The second-order valence-electron chi connectivity index (χ2n) is 6.43. The maximum absolute atomic E-state index is 12.4. The van der Waals surface area contributed by atoms with Crippen LogP contribution in [0.1, 0.15) is 34.8 Å². The predicted octanol–water partition coefficient (Wildman–Crippen LogP) is 5.34. The number of amides is 1. The molecule has 0 bridgehead atoms. The van der Waals surface area contributed by atoms with Crippen LogP contribution in [0.4, 0.5) is 5.00 Å². The number of nitrogens with one attached hydrogen (secondary N) is 1. The summed E-state index contributed by atoms with van der Waals surface area (Å²) in [5.41, 5.74) is 4.45. The number of rotatable bonds is 7. The van der Waals surface area contributed by atoms with Gasteiger partial charge in [-0.25, -0.2) is 4.79 Å². The number of esters is 1. The number of anilines is 1. The van der Waals surface area contributed by atoms with Gasteiger partial charge in [0.15, 0.2) is 0 Å². The van der Waals surface area contributed by atoms with Crippen LogP contribution in [-0.4, -0.2) is 19.0 Å². The molecule has 28 heavy (non-hydrogen) atoms. The molecule has 5 heteroatoms. The smallest absolute Gasteiger partial charge is 0.341 e. The number of carbonyl (C=O) groups is 2.